The summed E-state index contributed by atoms with van der Waals surface area (Å²) in [5.74, 6) is -1.93. The standard InChI is InChI=1S/C23H31N5O2S.C22H29N5O2S.C19H19F2N5S.C19H20FN5OS/c1-22(2)12-14(13-23(3,4)26-22)27(5)21-25-24-19(31-21)17-18(30-7)15-10-8-9-11-16(15)28(6)20(17)29;1-21(2)11-13(12-22(3,4)25-21)26(5)20-24-23-18(30-20)16-17(28)14-9-7-8-10-15(14)27(6)19(16)29;20-15-13(12-8-22-23-9-12)4-5-14(16(15)21)17-24-25-18(27-17)26-10-19(11-26)6-2-1-3-7-19;20-14-6-12(13-8-21-22-9-13)7-15(26)16(14)17-23-24-18(27-17)25-10-19(11-25)4-2-1-3-5-19/h8-11,14,26H,12-13H2,1-7H3;7-10,13,25,28H,11-12H2,1-6H3;4-5,8-9H,1-3,6-7,10-11H2,(H,22,23);6-9,26H,1-5,10-11H2,(H,21,22). The van der Waals surface area contributed by atoms with Crippen molar-refractivity contribution < 1.29 is 28.1 Å². The first kappa shape index (κ1) is 80.5. The number of halogens is 3. The van der Waals surface area contributed by atoms with Crippen molar-refractivity contribution in [2.24, 2.45) is 24.9 Å². The first-order chi connectivity index (χ1) is 54.8. The highest BCUT2D eigenvalue weighted by Crippen LogP contribution is 2.50. The van der Waals surface area contributed by atoms with Crippen LogP contribution >= 0.6 is 45.3 Å². The number of aromatic hydroxyl groups is 2. The average Bonchev–Trinajstić information content (AvgIpc) is 1.70. The number of phenols is 1. The van der Waals surface area contributed by atoms with Crippen LogP contribution in [0, 0.1) is 28.3 Å². The Bertz CT molecular complexity index is 5570. The van der Waals surface area contributed by atoms with Crippen LogP contribution in [0.5, 0.6) is 17.2 Å². The Balaban J connectivity index is 0.000000121. The number of aryl methyl sites for hydroxylation is 2. The number of H-pyrrole nitrogens is 2. The number of nitrogens with zero attached hydrogens (tertiary/aromatic N) is 16. The van der Waals surface area contributed by atoms with E-state index in [1.807, 2.05) is 49.5 Å². The van der Waals surface area contributed by atoms with Crippen LogP contribution in [-0.2, 0) is 14.1 Å². The Morgan fingerprint density at radius 3 is 1.42 bits per heavy atom. The molecule has 6 N–H and O–H groups in total. The number of benzene rings is 4. The molecule has 2 saturated carbocycles. The lowest BCUT2D eigenvalue weighted by atomic mass is 9.69. The summed E-state index contributed by atoms with van der Waals surface area (Å²) in [7, 11) is 9.19. The van der Waals surface area contributed by atoms with Gasteiger partial charge in [0.2, 0.25) is 20.5 Å². The lowest BCUT2D eigenvalue weighted by Crippen LogP contribution is -2.61. The quantitative estimate of drug-likeness (QED) is 0.0625. The van der Waals surface area contributed by atoms with Gasteiger partial charge in [-0.05, 0) is 155 Å². The lowest BCUT2D eigenvalue weighted by molar-refractivity contribution is 0.139. The van der Waals surface area contributed by atoms with Crippen molar-refractivity contribution in [3.8, 4) is 81.8 Å². The van der Waals surface area contributed by atoms with Gasteiger partial charge in [-0.15, -0.1) is 40.8 Å². The Morgan fingerprint density at radius 2 is 0.922 bits per heavy atom. The van der Waals surface area contributed by atoms with E-state index in [9.17, 15) is 33.0 Å². The molecule has 606 valence electrons. The van der Waals surface area contributed by atoms with Crippen LogP contribution in [-0.4, -0.2) is 162 Å². The van der Waals surface area contributed by atoms with Gasteiger partial charge in [-0.2, -0.15) is 10.2 Å². The average molecular weight is 1640 g/mol. The van der Waals surface area contributed by atoms with Gasteiger partial charge < -0.3 is 54.3 Å². The van der Waals surface area contributed by atoms with Crippen LogP contribution in [0.15, 0.2) is 107 Å². The molecule has 2 aliphatic carbocycles. The Morgan fingerprint density at radius 1 is 0.496 bits per heavy atom. The van der Waals surface area contributed by atoms with Crippen LogP contribution in [0.4, 0.5) is 33.7 Å². The molecule has 12 heterocycles. The molecule has 2 spiro atoms. The molecule has 25 nitrogen and oxygen atoms in total. The van der Waals surface area contributed by atoms with Crippen LogP contribution in [0.2, 0.25) is 0 Å². The maximum absolute atomic E-state index is 14.7. The highest BCUT2D eigenvalue weighted by atomic mass is 32.1. The summed E-state index contributed by atoms with van der Waals surface area (Å²) in [6, 6.07) is 21.7. The Kier molecular flexibility index (Phi) is 22.2. The summed E-state index contributed by atoms with van der Waals surface area (Å²) in [6.45, 7) is 21.9. The van der Waals surface area contributed by atoms with Gasteiger partial charge in [0.15, 0.2) is 31.7 Å². The second-order valence-corrected chi connectivity index (χ2v) is 38.4. The zero-order chi connectivity index (χ0) is 81.3. The molecule has 115 heavy (non-hydrogen) atoms. The zero-order valence-corrected chi connectivity index (χ0v) is 70.4. The number of ether oxygens (including phenoxy) is 1. The number of hydrogen-bond acceptors (Lipinski definition) is 25. The molecule has 4 aromatic carbocycles. The number of hydrogen-bond donors (Lipinski definition) is 6. The van der Waals surface area contributed by atoms with Crippen LogP contribution in [0.25, 0.3) is 86.3 Å². The van der Waals surface area contributed by atoms with Gasteiger partial charge in [0.1, 0.15) is 34.2 Å². The highest BCUT2D eigenvalue weighted by Gasteiger charge is 2.47. The number of piperidine rings is 2. The molecular weight excluding hydrogens is 1540 g/mol. The smallest absolute Gasteiger partial charge is 0.264 e. The zero-order valence-electron chi connectivity index (χ0n) is 67.2. The van der Waals surface area contributed by atoms with Crippen molar-refractivity contribution in [1.29, 1.82) is 0 Å². The number of pyridine rings is 2. The third-order valence-corrected chi connectivity index (χ3v) is 27.6. The van der Waals surface area contributed by atoms with Gasteiger partial charge in [-0.1, -0.05) is 114 Å². The monoisotopic (exact) mass is 1640 g/mol. The SMILES string of the molecule is CN(c1nnc(-c2c(O)c3ccccc3n(C)c2=O)s1)C1CC(C)(C)NC(C)(C)C1.COc1c(-c2nnc(N(C)C3CC(C)(C)NC(C)(C)C3)s2)c(=O)n(C)c2ccccc12.Fc1c(-c2cn[nH]c2)ccc(-c2nnc(N3CC4(CCCCC4)C3)s2)c1F.Oc1cc(-c2cn[nH]c2)cc(F)c1-c1nnc(N2CC3(CCCCC3)C2)s1. The minimum Gasteiger partial charge on any atom is -0.507 e. The first-order valence-electron chi connectivity index (χ1n) is 39.2. The van der Waals surface area contributed by atoms with Gasteiger partial charge in [-0.25, -0.2) is 13.2 Å². The van der Waals surface area contributed by atoms with Gasteiger partial charge in [0, 0.05) is 139 Å². The molecular formula is C83H99F3N20O5S4. The topological polar surface area (TPSA) is 291 Å². The summed E-state index contributed by atoms with van der Waals surface area (Å²) >= 11 is 5.44. The molecule has 6 aliphatic rings. The summed E-state index contributed by atoms with van der Waals surface area (Å²) in [6.07, 6.45) is 23.3. The normalized spacial score (nSPS) is 18.5. The van der Waals surface area contributed by atoms with E-state index in [0.29, 0.717) is 81.9 Å². The third-order valence-electron chi connectivity index (χ3n) is 23.6. The number of methoxy groups -OCH3 is 1. The molecule has 18 rings (SSSR count). The number of anilines is 4. The minimum absolute atomic E-state index is 0.0146. The molecule has 0 amide bonds. The van der Waals surface area contributed by atoms with Crippen molar-refractivity contribution >= 4 is 87.7 Å². The minimum atomic E-state index is -0.899. The third kappa shape index (κ3) is 16.5. The molecule has 6 fully saturated rings. The summed E-state index contributed by atoms with van der Waals surface area (Å²) < 4.78 is 52.8. The van der Waals surface area contributed by atoms with E-state index in [0.717, 1.165) is 83.3 Å². The maximum Gasteiger partial charge on any atom is 0.264 e. The summed E-state index contributed by atoms with van der Waals surface area (Å²) in [4.78, 5) is 35.0. The molecule has 12 aromatic rings. The molecule has 0 radical (unpaired) electrons. The van der Waals surface area contributed by atoms with E-state index in [4.69, 9.17) is 4.74 Å². The highest BCUT2D eigenvalue weighted by molar-refractivity contribution is 7.19. The van der Waals surface area contributed by atoms with Crippen molar-refractivity contribution in [1.82, 2.24) is 81.0 Å². The number of rotatable bonds is 13. The summed E-state index contributed by atoms with van der Waals surface area (Å²) in [5.41, 5.74) is 4.98. The first-order valence-corrected chi connectivity index (χ1v) is 42.4. The maximum atomic E-state index is 14.7. The molecule has 0 atom stereocenters. The lowest BCUT2D eigenvalue weighted by Gasteiger charge is -2.52. The number of aromatic nitrogens is 14. The molecule has 0 unspecified atom stereocenters. The molecule has 4 saturated heterocycles. The number of para-hydroxylation sites is 2. The van der Waals surface area contributed by atoms with Crippen LogP contribution < -0.4 is 46.1 Å². The fourth-order valence-corrected chi connectivity index (χ4v) is 22.1. The van der Waals surface area contributed by atoms with Gasteiger partial charge >= 0.3 is 0 Å². The second kappa shape index (κ2) is 31.7. The van der Waals surface area contributed by atoms with E-state index in [2.05, 4.69) is 154 Å². The van der Waals surface area contributed by atoms with Crippen molar-refractivity contribution in [2.75, 3.05) is 67.0 Å². The van der Waals surface area contributed by atoms with Crippen LogP contribution in [0.3, 0.4) is 0 Å². The van der Waals surface area contributed by atoms with Gasteiger partial charge in [0.05, 0.1) is 41.7 Å². The van der Waals surface area contributed by atoms with E-state index in [1.54, 1.807) is 60.9 Å². The second-order valence-electron chi connectivity index (χ2n) is 34.5. The van der Waals surface area contributed by atoms with E-state index in [-0.39, 0.29) is 67.0 Å². The molecule has 32 heteroatoms. The van der Waals surface area contributed by atoms with E-state index >= 15 is 0 Å². The molecule has 4 aliphatic heterocycles. The number of aromatic amines is 2. The van der Waals surface area contributed by atoms with E-state index in [1.165, 1.54) is 134 Å². The van der Waals surface area contributed by atoms with Gasteiger partial charge in [-0.3, -0.25) is 19.8 Å². The van der Waals surface area contributed by atoms with Crippen LogP contribution in [0.1, 0.15) is 145 Å². The fourth-order valence-electron chi connectivity index (χ4n) is 18.5. The van der Waals surface area contributed by atoms with Crippen molar-refractivity contribution in [3.63, 3.8) is 0 Å². The van der Waals surface area contributed by atoms with Gasteiger partial charge in [0.25, 0.3) is 11.1 Å². The number of fused-ring (bicyclic) bond motifs is 2. The fraction of sp³-hybridized carbons (Fsp3) is 0.470. The van der Waals surface area contributed by atoms with E-state index < -0.39 is 17.5 Å². The van der Waals surface area contributed by atoms with Crippen molar-refractivity contribution in [2.45, 2.75) is 180 Å². The van der Waals surface area contributed by atoms with Crippen molar-refractivity contribution in [3.05, 3.63) is 136 Å². The Labute approximate surface area is 681 Å². The predicted octanol–water partition coefficient (Wildman–Crippen LogP) is 16.2. The number of phenolic OH excluding ortho intramolecular Hbond substituents is 1. The summed E-state index contributed by atoms with van der Waals surface area (Å²) in [5, 5.41) is 82.4. The largest absolute Gasteiger partial charge is 0.507 e. The molecule has 8 aromatic heterocycles. The number of nitrogens with one attached hydrogen (secondary N) is 4. The molecule has 0 bridgehead atoms. The predicted molar refractivity (Wildman–Crippen MR) is 453 cm³/mol. The Hall–Kier alpha value is -9.73.